The van der Waals surface area contributed by atoms with Crippen LogP contribution < -0.4 is 10.6 Å². The molecule has 0 radical (unpaired) electrons. The predicted molar refractivity (Wildman–Crippen MR) is 107 cm³/mol. The third kappa shape index (κ3) is 3.98. The zero-order chi connectivity index (χ0) is 18.8. The first-order valence-electron chi connectivity index (χ1n) is 9.10. The Morgan fingerprint density at radius 3 is 2.58 bits per heavy atom. The molecule has 2 N–H and O–H groups in total. The molecule has 0 aliphatic heterocycles. The molecule has 26 heavy (non-hydrogen) atoms. The second kappa shape index (κ2) is 7.62. The van der Waals surface area contributed by atoms with Crippen LogP contribution in [0, 0.1) is 26.7 Å². The molecule has 0 spiro atoms. The number of thiophene rings is 1. The van der Waals surface area contributed by atoms with E-state index in [4.69, 9.17) is 0 Å². The minimum Gasteiger partial charge on any atom is -0.343 e. The summed E-state index contributed by atoms with van der Waals surface area (Å²) in [7, 11) is 0. The largest absolute Gasteiger partial charge is 0.343 e. The molecule has 1 aromatic carbocycles. The fourth-order valence-electron chi connectivity index (χ4n) is 3.68. The van der Waals surface area contributed by atoms with E-state index in [1.807, 2.05) is 38.3 Å². The first-order chi connectivity index (χ1) is 12.3. The Labute approximate surface area is 159 Å². The van der Waals surface area contributed by atoms with Crippen molar-refractivity contribution in [2.24, 2.45) is 5.92 Å². The van der Waals surface area contributed by atoms with Gasteiger partial charge in [0.15, 0.2) is 0 Å². The third-order valence-electron chi connectivity index (χ3n) is 5.00. The lowest BCUT2D eigenvalue weighted by atomic mass is 9.88. The molecule has 0 fully saturated rings. The van der Waals surface area contributed by atoms with E-state index in [0.717, 1.165) is 41.6 Å². The number of benzene rings is 1. The van der Waals surface area contributed by atoms with Gasteiger partial charge in [-0.2, -0.15) is 0 Å². The minimum atomic E-state index is -0.203. The zero-order valence-electron chi connectivity index (χ0n) is 15.9. The van der Waals surface area contributed by atoms with Crippen molar-refractivity contribution in [2.75, 3.05) is 11.9 Å². The fraction of sp³-hybridized carbons (Fsp3) is 0.429. The number of carbonyl (C=O) groups is 2. The predicted octanol–water partition coefficient (Wildman–Crippen LogP) is 4.17. The van der Waals surface area contributed by atoms with Crippen molar-refractivity contribution < 1.29 is 9.59 Å². The summed E-state index contributed by atoms with van der Waals surface area (Å²) in [6.07, 6.45) is 3.13. The SMILES string of the molecule is Cc1cc(C)c(NC(=O)CNC(=O)c2csc3c2CCC(C)C3)c(C)c1. The normalized spacial score (nSPS) is 16.1. The maximum Gasteiger partial charge on any atom is 0.252 e. The molecular formula is C21H26N2O2S. The van der Waals surface area contributed by atoms with Gasteiger partial charge < -0.3 is 10.6 Å². The molecule has 1 aliphatic rings. The van der Waals surface area contributed by atoms with Crippen molar-refractivity contribution in [3.8, 4) is 0 Å². The maximum atomic E-state index is 12.5. The Balaban J connectivity index is 1.61. The molecule has 4 nitrogen and oxygen atoms in total. The zero-order valence-corrected chi connectivity index (χ0v) is 16.7. The summed E-state index contributed by atoms with van der Waals surface area (Å²) in [4.78, 5) is 26.1. The third-order valence-corrected chi connectivity index (χ3v) is 6.05. The highest BCUT2D eigenvalue weighted by atomic mass is 32.1. The topological polar surface area (TPSA) is 58.2 Å². The summed E-state index contributed by atoms with van der Waals surface area (Å²) in [5, 5.41) is 7.63. The first-order valence-corrected chi connectivity index (χ1v) is 9.98. The van der Waals surface area contributed by atoms with Crippen molar-refractivity contribution in [1.29, 1.82) is 0 Å². The van der Waals surface area contributed by atoms with Gasteiger partial charge in [0, 0.05) is 15.9 Å². The summed E-state index contributed by atoms with van der Waals surface area (Å²) in [5.74, 6) is 0.333. The van der Waals surface area contributed by atoms with E-state index in [-0.39, 0.29) is 18.4 Å². The monoisotopic (exact) mass is 370 g/mol. The van der Waals surface area contributed by atoms with Crippen LogP contribution in [-0.4, -0.2) is 18.4 Å². The van der Waals surface area contributed by atoms with Crippen molar-refractivity contribution >= 4 is 28.8 Å². The Hall–Kier alpha value is -2.14. The lowest BCUT2D eigenvalue weighted by Crippen LogP contribution is -2.33. The van der Waals surface area contributed by atoms with Gasteiger partial charge in [0.2, 0.25) is 5.91 Å². The molecule has 138 valence electrons. The van der Waals surface area contributed by atoms with E-state index in [1.165, 1.54) is 16.0 Å². The number of hydrogen-bond donors (Lipinski definition) is 2. The molecule has 1 heterocycles. The minimum absolute atomic E-state index is 0.0212. The lowest BCUT2D eigenvalue weighted by Gasteiger charge is -2.18. The molecule has 2 amide bonds. The van der Waals surface area contributed by atoms with Crippen LogP contribution in [0.15, 0.2) is 17.5 Å². The maximum absolute atomic E-state index is 12.5. The van der Waals surface area contributed by atoms with E-state index in [1.54, 1.807) is 11.3 Å². The van der Waals surface area contributed by atoms with Crippen LogP contribution >= 0.6 is 11.3 Å². The summed E-state index contributed by atoms with van der Waals surface area (Å²) < 4.78 is 0. The van der Waals surface area contributed by atoms with Crippen molar-refractivity contribution in [3.05, 3.63) is 50.2 Å². The molecule has 1 unspecified atom stereocenters. The van der Waals surface area contributed by atoms with Crippen LogP contribution in [0.5, 0.6) is 0 Å². The molecule has 3 rings (SSSR count). The van der Waals surface area contributed by atoms with Gasteiger partial charge in [-0.3, -0.25) is 9.59 Å². The van der Waals surface area contributed by atoms with Crippen LogP contribution in [0.2, 0.25) is 0 Å². The Morgan fingerprint density at radius 1 is 1.19 bits per heavy atom. The standard InChI is InChI=1S/C21H26N2O2S/c1-12-5-6-16-17(11-26-18(16)9-12)21(25)22-10-19(24)23-20-14(3)7-13(2)8-15(20)4/h7-8,11-12H,5-6,9-10H2,1-4H3,(H,22,25)(H,23,24). The average molecular weight is 371 g/mol. The van der Waals surface area contributed by atoms with Gasteiger partial charge in [0.25, 0.3) is 5.91 Å². The Bertz CT molecular complexity index is 831. The number of carbonyl (C=O) groups excluding carboxylic acids is 2. The molecular weight excluding hydrogens is 344 g/mol. The van der Waals surface area contributed by atoms with Crippen LogP contribution in [0.1, 0.15) is 50.8 Å². The molecule has 0 saturated heterocycles. The number of hydrogen-bond acceptors (Lipinski definition) is 3. The smallest absolute Gasteiger partial charge is 0.252 e. The van der Waals surface area contributed by atoms with Gasteiger partial charge in [-0.25, -0.2) is 0 Å². The molecule has 0 bridgehead atoms. The van der Waals surface area contributed by atoms with Crippen LogP contribution in [-0.2, 0) is 17.6 Å². The summed E-state index contributed by atoms with van der Waals surface area (Å²) in [6, 6.07) is 4.08. The molecule has 2 aromatic rings. The molecule has 0 saturated carbocycles. The van der Waals surface area contributed by atoms with Crippen molar-refractivity contribution in [1.82, 2.24) is 5.32 Å². The number of aryl methyl sites for hydroxylation is 3. The van der Waals surface area contributed by atoms with E-state index >= 15 is 0 Å². The second-order valence-electron chi connectivity index (χ2n) is 7.40. The number of fused-ring (bicyclic) bond motifs is 1. The molecule has 1 aromatic heterocycles. The number of anilines is 1. The van der Waals surface area contributed by atoms with E-state index in [2.05, 4.69) is 17.6 Å². The van der Waals surface area contributed by atoms with Crippen molar-refractivity contribution in [3.63, 3.8) is 0 Å². The quantitative estimate of drug-likeness (QED) is 0.849. The van der Waals surface area contributed by atoms with Gasteiger partial charge in [-0.15, -0.1) is 11.3 Å². The number of rotatable bonds is 4. The Morgan fingerprint density at radius 2 is 1.88 bits per heavy atom. The molecule has 1 aliphatic carbocycles. The van der Waals surface area contributed by atoms with Gasteiger partial charge in [-0.1, -0.05) is 24.6 Å². The van der Waals surface area contributed by atoms with Crippen LogP contribution in [0.4, 0.5) is 5.69 Å². The Kier molecular flexibility index (Phi) is 5.47. The van der Waals surface area contributed by atoms with Gasteiger partial charge in [0.05, 0.1) is 12.1 Å². The number of nitrogens with one attached hydrogen (secondary N) is 2. The van der Waals surface area contributed by atoms with Gasteiger partial charge in [0.1, 0.15) is 0 Å². The van der Waals surface area contributed by atoms with E-state index < -0.39 is 0 Å². The van der Waals surface area contributed by atoms with E-state index in [9.17, 15) is 9.59 Å². The molecule has 1 atom stereocenters. The first kappa shape index (κ1) is 18.6. The summed E-state index contributed by atoms with van der Waals surface area (Å²) in [5.41, 5.74) is 5.98. The summed E-state index contributed by atoms with van der Waals surface area (Å²) in [6.45, 7) is 8.22. The highest BCUT2D eigenvalue weighted by Gasteiger charge is 2.23. The van der Waals surface area contributed by atoms with Crippen molar-refractivity contribution in [2.45, 2.75) is 47.0 Å². The van der Waals surface area contributed by atoms with Crippen LogP contribution in [0.3, 0.4) is 0 Å². The summed E-state index contributed by atoms with van der Waals surface area (Å²) >= 11 is 1.66. The highest BCUT2D eigenvalue weighted by Crippen LogP contribution is 2.32. The molecule has 5 heteroatoms. The van der Waals surface area contributed by atoms with E-state index in [0.29, 0.717) is 5.92 Å². The van der Waals surface area contributed by atoms with Gasteiger partial charge in [-0.05, 0) is 62.6 Å². The lowest BCUT2D eigenvalue weighted by molar-refractivity contribution is -0.115. The average Bonchev–Trinajstić information content (AvgIpc) is 2.99. The van der Waals surface area contributed by atoms with Gasteiger partial charge >= 0.3 is 0 Å². The number of amides is 2. The fourth-order valence-corrected chi connectivity index (χ4v) is 4.93. The second-order valence-corrected chi connectivity index (χ2v) is 8.37. The van der Waals surface area contributed by atoms with Crippen LogP contribution in [0.25, 0.3) is 0 Å². The highest BCUT2D eigenvalue weighted by molar-refractivity contribution is 7.10.